The average molecular weight is 371 g/mol. The van der Waals surface area contributed by atoms with E-state index >= 15 is 0 Å². The Bertz CT molecular complexity index is 866. The molecule has 0 bridgehead atoms. The molecule has 0 spiro atoms. The first kappa shape index (κ1) is 17.4. The van der Waals surface area contributed by atoms with Crippen molar-refractivity contribution in [3.8, 4) is 0 Å². The number of aromatic nitrogens is 3. The molecule has 8 heteroatoms. The maximum absolute atomic E-state index is 11.9. The van der Waals surface area contributed by atoms with E-state index in [-0.39, 0.29) is 11.7 Å². The van der Waals surface area contributed by atoms with Crippen LogP contribution in [-0.4, -0.2) is 26.8 Å². The molecule has 0 saturated heterocycles. The maximum Gasteiger partial charge on any atom is 0.234 e. The fourth-order valence-corrected chi connectivity index (χ4v) is 3.59. The van der Waals surface area contributed by atoms with Crippen molar-refractivity contribution in [3.63, 3.8) is 0 Å². The fraction of sp³-hybridized carbons (Fsp3) is 0.176. The zero-order valence-corrected chi connectivity index (χ0v) is 15.4. The molecular weight excluding hydrogens is 354 g/mol. The van der Waals surface area contributed by atoms with Crippen LogP contribution >= 0.6 is 23.1 Å². The summed E-state index contributed by atoms with van der Waals surface area (Å²) >= 11 is 2.78. The predicted molar refractivity (Wildman–Crippen MR) is 103 cm³/mol. The first-order chi connectivity index (χ1) is 12.1. The van der Waals surface area contributed by atoms with Gasteiger partial charge in [-0.25, -0.2) is 0 Å². The summed E-state index contributed by atoms with van der Waals surface area (Å²) in [4.78, 5) is 15.9. The first-order valence-corrected chi connectivity index (χ1v) is 9.41. The minimum atomic E-state index is -0.100. The molecule has 3 aromatic rings. The lowest BCUT2D eigenvalue weighted by molar-refractivity contribution is -0.113. The zero-order chi connectivity index (χ0) is 17.6. The fourth-order valence-electron chi connectivity index (χ4n) is 2.02. The van der Waals surface area contributed by atoms with Crippen LogP contribution in [0.5, 0.6) is 0 Å². The van der Waals surface area contributed by atoms with Crippen molar-refractivity contribution in [2.24, 2.45) is 0 Å². The molecule has 0 unspecified atom stereocenters. The number of carbonyl (C=O) groups excluding carboxylic acids is 1. The van der Waals surface area contributed by atoms with Crippen LogP contribution in [0.25, 0.3) is 0 Å². The normalized spacial score (nSPS) is 10.5. The predicted octanol–water partition coefficient (Wildman–Crippen LogP) is 4.02. The molecule has 0 saturated carbocycles. The first-order valence-electron chi connectivity index (χ1n) is 7.60. The van der Waals surface area contributed by atoms with E-state index in [9.17, 15) is 4.79 Å². The highest BCUT2D eigenvalue weighted by Gasteiger charge is 2.09. The summed E-state index contributed by atoms with van der Waals surface area (Å²) in [6.07, 6.45) is 3.27. The lowest BCUT2D eigenvalue weighted by atomic mass is 10.1. The quantitative estimate of drug-likeness (QED) is 0.637. The summed E-state index contributed by atoms with van der Waals surface area (Å²) in [5, 5.41) is 15.0. The van der Waals surface area contributed by atoms with Gasteiger partial charge in [0.25, 0.3) is 0 Å². The molecule has 0 fully saturated rings. The topological polar surface area (TPSA) is 79.8 Å². The second-order valence-electron chi connectivity index (χ2n) is 5.38. The number of anilines is 3. The standard InChI is InChI=1S/C17H17N5OS2/c1-11-5-6-13(8-12(11)2)20-16-21-22-17(25-16)24-10-15(23)19-14-4-3-7-18-9-14/h3-9H,10H2,1-2H3,(H,19,23)(H,20,21). The van der Waals surface area contributed by atoms with Crippen molar-refractivity contribution >= 4 is 45.5 Å². The molecule has 0 aliphatic rings. The number of hydrogen-bond acceptors (Lipinski definition) is 7. The summed E-state index contributed by atoms with van der Waals surface area (Å²) < 4.78 is 0.743. The molecule has 0 atom stereocenters. The highest BCUT2D eigenvalue weighted by atomic mass is 32.2. The zero-order valence-electron chi connectivity index (χ0n) is 13.8. The van der Waals surface area contributed by atoms with Crippen LogP contribution in [0.3, 0.4) is 0 Å². The van der Waals surface area contributed by atoms with Gasteiger partial charge in [-0.2, -0.15) is 0 Å². The third-order valence-electron chi connectivity index (χ3n) is 3.44. The van der Waals surface area contributed by atoms with E-state index < -0.39 is 0 Å². The van der Waals surface area contributed by atoms with Crippen molar-refractivity contribution in [2.45, 2.75) is 18.2 Å². The van der Waals surface area contributed by atoms with E-state index in [4.69, 9.17) is 0 Å². The Morgan fingerprint density at radius 1 is 1.16 bits per heavy atom. The highest BCUT2D eigenvalue weighted by molar-refractivity contribution is 8.01. The molecule has 0 aliphatic heterocycles. The molecule has 0 aliphatic carbocycles. The number of aryl methyl sites for hydroxylation is 2. The Morgan fingerprint density at radius 2 is 2.04 bits per heavy atom. The molecule has 1 amide bonds. The van der Waals surface area contributed by atoms with Crippen LogP contribution in [-0.2, 0) is 4.79 Å². The largest absolute Gasteiger partial charge is 0.330 e. The SMILES string of the molecule is Cc1ccc(Nc2nnc(SCC(=O)Nc3cccnc3)s2)cc1C. The van der Waals surface area contributed by atoms with Crippen LogP contribution in [0.15, 0.2) is 47.1 Å². The highest BCUT2D eigenvalue weighted by Crippen LogP contribution is 2.28. The lowest BCUT2D eigenvalue weighted by Gasteiger charge is -2.05. The second kappa shape index (κ2) is 8.09. The van der Waals surface area contributed by atoms with E-state index in [0.717, 1.165) is 10.0 Å². The van der Waals surface area contributed by atoms with Crippen LogP contribution in [0.2, 0.25) is 0 Å². The Hall–Kier alpha value is -2.45. The number of thioether (sulfide) groups is 1. The number of rotatable bonds is 6. The molecule has 3 rings (SSSR count). The van der Waals surface area contributed by atoms with Gasteiger partial charge in [0.05, 0.1) is 17.6 Å². The van der Waals surface area contributed by atoms with Gasteiger partial charge in [0.1, 0.15) is 0 Å². The minimum absolute atomic E-state index is 0.100. The van der Waals surface area contributed by atoms with Gasteiger partial charge >= 0.3 is 0 Å². The van der Waals surface area contributed by atoms with E-state index in [1.807, 2.05) is 6.07 Å². The Kier molecular flexibility index (Phi) is 5.62. The Morgan fingerprint density at radius 3 is 2.80 bits per heavy atom. The van der Waals surface area contributed by atoms with Crippen molar-refractivity contribution < 1.29 is 4.79 Å². The molecule has 2 N–H and O–H groups in total. The molecule has 128 valence electrons. The molecule has 2 aromatic heterocycles. The Balaban J connectivity index is 1.53. The number of hydrogen-bond donors (Lipinski definition) is 2. The third kappa shape index (κ3) is 5.01. The summed E-state index contributed by atoms with van der Waals surface area (Å²) in [7, 11) is 0. The van der Waals surface area contributed by atoms with E-state index in [1.165, 1.54) is 34.2 Å². The smallest absolute Gasteiger partial charge is 0.234 e. The van der Waals surface area contributed by atoms with Gasteiger partial charge in [-0.05, 0) is 49.2 Å². The summed E-state index contributed by atoms with van der Waals surface area (Å²) in [6, 6.07) is 9.73. The van der Waals surface area contributed by atoms with Crippen molar-refractivity contribution in [1.29, 1.82) is 0 Å². The maximum atomic E-state index is 11.9. The lowest BCUT2D eigenvalue weighted by Crippen LogP contribution is -2.13. The van der Waals surface area contributed by atoms with Crippen molar-refractivity contribution in [3.05, 3.63) is 53.9 Å². The summed E-state index contributed by atoms with van der Waals surface area (Å²) in [5.41, 5.74) is 4.13. The summed E-state index contributed by atoms with van der Waals surface area (Å²) in [6.45, 7) is 4.15. The van der Waals surface area contributed by atoms with Crippen molar-refractivity contribution in [2.75, 3.05) is 16.4 Å². The number of benzene rings is 1. The average Bonchev–Trinajstić information content (AvgIpc) is 3.05. The van der Waals surface area contributed by atoms with Gasteiger partial charge in [-0.1, -0.05) is 29.2 Å². The van der Waals surface area contributed by atoms with Crippen LogP contribution < -0.4 is 10.6 Å². The minimum Gasteiger partial charge on any atom is -0.330 e. The molecule has 25 heavy (non-hydrogen) atoms. The molecule has 6 nitrogen and oxygen atoms in total. The third-order valence-corrected chi connectivity index (χ3v) is 5.41. The molecular formula is C17H17N5OS2. The molecule has 1 aromatic carbocycles. The second-order valence-corrected chi connectivity index (χ2v) is 7.58. The monoisotopic (exact) mass is 371 g/mol. The number of nitrogens with one attached hydrogen (secondary N) is 2. The van der Waals surface area contributed by atoms with Gasteiger partial charge in [-0.15, -0.1) is 10.2 Å². The van der Waals surface area contributed by atoms with Gasteiger partial charge in [-0.3, -0.25) is 9.78 Å². The Labute approximate surface area is 154 Å². The summed E-state index contributed by atoms with van der Waals surface area (Å²) in [5.74, 6) is 0.171. The van der Waals surface area contributed by atoms with Crippen molar-refractivity contribution in [1.82, 2.24) is 15.2 Å². The number of carbonyl (C=O) groups is 1. The van der Waals surface area contributed by atoms with Crippen LogP contribution in [0.1, 0.15) is 11.1 Å². The number of amides is 1. The van der Waals surface area contributed by atoms with Gasteiger partial charge in [0, 0.05) is 11.9 Å². The van der Waals surface area contributed by atoms with Gasteiger partial charge < -0.3 is 10.6 Å². The van der Waals surface area contributed by atoms with Crippen LogP contribution in [0.4, 0.5) is 16.5 Å². The number of pyridine rings is 1. The van der Waals surface area contributed by atoms with Gasteiger partial charge in [0.2, 0.25) is 11.0 Å². The van der Waals surface area contributed by atoms with E-state index in [2.05, 4.69) is 51.8 Å². The molecule has 2 heterocycles. The molecule has 0 radical (unpaired) electrons. The van der Waals surface area contributed by atoms with E-state index in [1.54, 1.807) is 24.5 Å². The number of nitrogens with zero attached hydrogens (tertiary/aromatic N) is 3. The van der Waals surface area contributed by atoms with E-state index in [0.29, 0.717) is 10.8 Å². The van der Waals surface area contributed by atoms with Crippen LogP contribution in [0, 0.1) is 13.8 Å². The van der Waals surface area contributed by atoms with Gasteiger partial charge in [0.15, 0.2) is 4.34 Å².